The van der Waals surface area contributed by atoms with E-state index in [2.05, 4.69) is 36.1 Å². The molecule has 0 unspecified atom stereocenters. The molecule has 0 spiro atoms. The van der Waals surface area contributed by atoms with Gasteiger partial charge in [0.15, 0.2) is 0 Å². The van der Waals surface area contributed by atoms with Crippen molar-refractivity contribution in [3.05, 3.63) is 59.2 Å². The van der Waals surface area contributed by atoms with Crippen molar-refractivity contribution in [2.24, 2.45) is 5.92 Å². The Morgan fingerprint density at radius 2 is 1.88 bits per heavy atom. The SMILES string of the molecule is COC(=O)c1ccc(-c2noc(-c3ccc(CC(C)C)cc3)n2)c(C)c1. The van der Waals surface area contributed by atoms with Crippen molar-refractivity contribution < 1.29 is 14.1 Å². The third-order valence-electron chi connectivity index (χ3n) is 4.16. The van der Waals surface area contributed by atoms with Gasteiger partial charge in [0.25, 0.3) is 5.89 Å². The highest BCUT2D eigenvalue weighted by atomic mass is 16.5. The van der Waals surface area contributed by atoms with Gasteiger partial charge < -0.3 is 9.26 Å². The first-order chi connectivity index (χ1) is 12.5. The minimum absolute atomic E-state index is 0.366. The number of methoxy groups -OCH3 is 1. The number of ether oxygens (including phenoxy) is 1. The van der Waals surface area contributed by atoms with Crippen molar-refractivity contribution in [3.8, 4) is 22.8 Å². The molecule has 0 radical (unpaired) electrons. The van der Waals surface area contributed by atoms with Crippen LogP contribution >= 0.6 is 0 Å². The van der Waals surface area contributed by atoms with E-state index in [9.17, 15) is 4.79 Å². The van der Waals surface area contributed by atoms with Crippen LogP contribution in [0.25, 0.3) is 22.8 Å². The number of nitrogens with zero attached hydrogens (tertiary/aromatic N) is 2. The minimum atomic E-state index is -0.366. The summed E-state index contributed by atoms with van der Waals surface area (Å²) >= 11 is 0. The van der Waals surface area contributed by atoms with Gasteiger partial charge >= 0.3 is 5.97 Å². The molecule has 1 aromatic heterocycles. The van der Waals surface area contributed by atoms with Gasteiger partial charge in [-0.1, -0.05) is 31.1 Å². The van der Waals surface area contributed by atoms with E-state index >= 15 is 0 Å². The number of hydrogen-bond donors (Lipinski definition) is 0. The zero-order chi connectivity index (χ0) is 18.7. The van der Waals surface area contributed by atoms with E-state index < -0.39 is 0 Å². The monoisotopic (exact) mass is 350 g/mol. The minimum Gasteiger partial charge on any atom is -0.465 e. The number of benzene rings is 2. The molecule has 0 atom stereocenters. The van der Waals surface area contributed by atoms with Gasteiger partial charge in [-0.05, 0) is 60.7 Å². The lowest BCUT2D eigenvalue weighted by molar-refractivity contribution is 0.0600. The van der Waals surface area contributed by atoms with E-state index in [0.29, 0.717) is 23.2 Å². The average molecular weight is 350 g/mol. The van der Waals surface area contributed by atoms with Crippen molar-refractivity contribution in [1.82, 2.24) is 10.1 Å². The predicted octanol–water partition coefficient (Wildman–Crippen LogP) is 4.70. The van der Waals surface area contributed by atoms with Gasteiger partial charge in [-0.3, -0.25) is 0 Å². The fourth-order valence-corrected chi connectivity index (χ4v) is 2.86. The van der Waals surface area contributed by atoms with Crippen molar-refractivity contribution in [2.75, 3.05) is 7.11 Å². The van der Waals surface area contributed by atoms with Gasteiger partial charge in [0.1, 0.15) is 0 Å². The molecule has 5 nitrogen and oxygen atoms in total. The van der Waals surface area contributed by atoms with Crippen LogP contribution in [0.15, 0.2) is 47.0 Å². The maximum Gasteiger partial charge on any atom is 0.337 e. The topological polar surface area (TPSA) is 65.2 Å². The summed E-state index contributed by atoms with van der Waals surface area (Å²) in [6.07, 6.45) is 1.04. The number of carbonyl (C=O) groups is 1. The van der Waals surface area contributed by atoms with E-state index in [4.69, 9.17) is 9.26 Å². The van der Waals surface area contributed by atoms with Crippen LogP contribution in [0.2, 0.25) is 0 Å². The Balaban J connectivity index is 1.85. The Kier molecular flexibility index (Phi) is 5.16. The second-order valence-corrected chi connectivity index (χ2v) is 6.74. The van der Waals surface area contributed by atoms with Crippen LogP contribution in [-0.2, 0) is 11.2 Å². The summed E-state index contributed by atoms with van der Waals surface area (Å²) in [6, 6.07) is 13.5. The molecule has 3 aromatic rings. The second-order valence-electron chi connectivity index (χ2n) is 6.74. The third-order valence-corrected chi connectivity index (χ3v) is 4.16. The van der Waals surface area contributed by atoms with E-state index in [-0.39, 0.29) is 5.97 Å². The Bertz CT molecular complexity index is 911. The van der Waals surface area contributed by atoms with Crippen molar-refractivity contribution >= 4 is 5.97 Å². The molecule has 5 heteroatoms. The molecule has 0 N–H and O–H groups in total. The summed E-state index contributed by atoms with van der Waals surface area (Å²) in [5.41, 5.74) is 4.38. The lowest BCUT2D eigenvalue weighted by Crippen LogP contribution is -2.01. The summed E-state index contributed by atoms with van der Waals surface area (Å²) < 4.78 is 10.2. The molecule has 0 aliphatic carbocycles. The first-order valence-electron chi connectivity index (χ1n) is 8.60. The highest BCUT2D eigenvalue weighted by Crippen LogP contribution is 2.26. The molecule has 0 aliphatic heterocycles. The predicted molar refractivity (Wildman–Crippen MR) is 99.8 cm³/mol. The fourth-order valence-electron chi connectivity index (χ4n) is 2.86. The molecular weight excluding hydrogens is 328 g/mol. The first-order valence-corrected chi connectivity index (χ1v) is 8.60. The van der Waals surface area contributed by atoms with E-state index in [1.54, 1.807) is 12.1 Å². The standard InChI is InChI=1S/C21H22N2O3/c1-13(2)11-15-5-7-16(8-6-15)20-22-19(23-26-20)18-10-9-17(12-14(18)3)21(24)25-4/h5-10,12-13H,11H2,1-4H3. The molecule has 0 saturated heterocycles. The van der Waals surface area contributed by atoms with E-state index in [0.717, 1.165) is 23.1 Å². The second kappa shape index (κ2) is 7.52. The lowest BCUT2D eigenvalue weighted by atomic mass is 10.0. The van der Waals surface area contributed by atoms with Crippen molar-refractivity contribution in [3.63, 3.8) is 0 Å². The number of aryl methyl sites for hydroxylation is 1. The van der Waals surface area contributed by atoms with Crippen LogP contribution in [-0.4, -0.2) is 23.2 Å². The zero-order valence-corrected chi connectivity index (χ0v) is 15.4. The summed E-state index contributed by atoms with van der Waals surface area (Å²) in [6.45, 7) is 6.30. The zero-order valence-electron chi connectivity index (χ0n) is 15.4. The largest absolute Gasteiger partial charge is 0.465 e. The van der Waals surface area contributed by atoms with E-state index in [1.807, 2.05) is 25.1 Å². The van der Waals surface area contributed by atoms with Crippen LogP contribution in [0.1, 0.15) is 35.3 Å². The summed E-state index contributed by atoms with van der Waals surface area (Å²) in [5.74, 6) is 1.23. The van der Waals surface area contributed by atoms with Crippen molar-refractivity contribution in [1.29, 1.82) is 0 Å². The van der Waals surface area contributed by atoms with Gasteiger partial charge in [-0.25, -0.2) is 4.79 Å². The van der Waals surface area contributed by atoms with Gasteiger partial charge in [0.2, 0.25) is 5.82 Å². The Morgan fingerprint density at radius 1 is 1.15 bits per heavy atom. The van der Waals surface area contributed by atoms with Crippen LogP contribution in [0, 0.1) is 12.8 Å². The quantitative estimate of drug-likeness (QED) is 0.624. The highest BCUT2D eigenvalue weighted by molar-refractivity contribution is 5.90. The van der Waals surface area contributed by atoms with Gasteiger partial charge in [-0.15, -0.1) is 0 Å². The molecule has 134 valence electrons. The van der Waals surface area contributed by atoms with Crippen LogP contribution in [0.4, 0.5) is 0 Å². The normalized spacial score (nSPS) is 11.0. The molecule has 0 fully saturated rings. The smallest absolute Gasteiger partial charge is 0.337 e. The molecular formula is C21H22N2O3. The fraction of sp³-hybridized carbons (Fsp3) is 0.286. The van der Waals surface area contributed by atoms with Crippen LogP contribution in [0.3, 0.4) is 0 Å². The molecule has 26 heavy (non-hydrogen) atoms. The highest BCUT2D eigenvalue weighted by Gasteiger charge is 2.14. The van der Waals surface area contributed by atoms with Crippen LogP contribution in [0.5, 0.6) is 0 Å². The van der Waals surface area contributed by atoms with E-state index in [1.165, 1.54) is 12.7 Å². The lowest BCUT2D eigenvalue weighted by Gasteiger charge is -2.05. The number of aromatic nitrogens is 2. The Morgan fingerprint density at radius 3 is 2.50 bits per heavy atom. The molecule has 0 amide bonds. The molecule has 1 heterocycles. The molecule has 3 rings (SSSR count). The van der Waals surface area contributed by atoms with Crippen molar-refractivity contribution in [2.45, 2.75) is 27.2 Å². The number of esters is 1. The number of rotatable bonds is 5. The van der Waals surface area contributed by atoms with Gasteiger partial charge in [0, 0.05) is 11.1 Å². The maximum absolute atomic E-state index is 11.6. The first kappa shape index (κ1) is 17.9. The average Bonchev–Trinajstić information content (AvgIpc) is 3.10. The molecule has 0 bridgehead atoms. The third kappa shape index (κ3) is 3.82. The maximum atomic E-state index is 11.6. The molecule has 0 aliphatic rings. The van der Waals surface area contributed by atoms with Gasteiger partial charge in [-0.2, -0.15) is 4.98 Å². The summed E-state index contributed by atoms with van der Waals surface area (Å²) in [5, 5.41) is 4.09. The van der Waals surface area contributed by atoms with Gasteiger partial charge in [0.05, 0.1) is 12.7 Å². The Labute approximate surface area is 153 Å². The summed E-state index contributed by atoms with van der Waals surface area (Å²) in [4.78, 5) is 16.1. The molecule has 0 saturated carbocycles. The number of hydrogen-bond acceptors (Lipinski definition) is 5. The molecule has 2 aromatic carbocycles. The Hall–Kier alpha value is -2.95. The van der Waals surface area contributed by atoms with Crippen LogP contribution < -0.4 is 0 Å². The summed E-state index contributed by atoms with van der Waals surface area (Å²) in [7, 11) is 1.36. The number of carbonyl (C=O) groups excluding carboxylic acids is 1.